The van der Waals surface area contributed by atoms with E-state index >= 15 is 0 Å². The van der Waals surface area contributed by atoms with Gasteiger partial charge in [0.25, 0.3) is 0 Å². The van der Waals surface area contributed by atoms with Crippen LogP contribution in [0.25, 0.3) is 0 Å². The molecular weight excluding hydrogens is 340 g/mol. The summed E-state index contributed by atoms with van der Waals surface area (Å²) in [5.74, 6) is 0. The van der Waals surface area contributed by atoms with Crippen LogP contribution in [0.15, 0.2) is 0 Å². The zero-order chi connectivity index (χ0) is 20.3. The fourth-order valence-corrected chi connectivity index (χ4v) is 4.93. The Bertz CT molecular complexity index is 298. The van der Waals surface area contributed by atoms with E-state index in [2.05, 4.69) is 18.7 Å². The number of hydrogen-bond donors (Lipinski definition) is 1. The highest BCUT2D eigenvalue weighted by Gasteiger charge is 2.26. The molecule has 0 amide bonds. The molecule has 2 atom stereocenters. The molecule has 0 aromatic heterocycles. The molecule has 168 valence electrons. The van der Waals surface area contributed by atoms with Crippen LogP contribution in [0.4, 0.5) is 0 Å². The Morgan fingerprint density at radius 3 is 1.39 bits per heavy atom. The Kier molecular flexibility index (Phi) is 17.5. The molecule has 0 saturated heterocycles. The number of unbranched alkanes of at least 4 members (excludes halogenated alkanes) is 14. The zero-order valence-corrected chi connectivity index (χ0v) is 19.7. The van der Waals surface area contributed by atoms with E-state index in [0.29, 0.717) is 12.1 Å². The van der Waals surface area contributed by atoms with Crippen LogP contribution in [0, 0.1) is 0 Å². The first kappa shape index (κ1) is 26.0. The lowest BCUT2D eigenvalue weighted by Crippen LogP contribution is -2.50. The molecule has 0 aromatic rings. The Morgan fingerprint density at radius 1 is 0.571 bits per heavy atom. The van der Waals surface area contributed by atoms with Gasteiger partial charge in [-0.25, -0.2) is 0 Å². The highest BCUT2D eigenvalue weighted by atomic mass is 15.2. The van der Waals surface area contributed by atoms with Crippen LogP contribution in [0.3, 0.4) is 0 Å². The van der Waals surface area contributed by atoms with E-state index in [0.717, 1.165) is 0 Å². The van der Waals surface area contributed by atoms with Crippen molar-refractivity contribution in [2.45, 2.75) is 154 Å². The SMILES string of the molecule is CCCCCCCCCCN(CCCCCCCCCC)[C@@H]1CCCC[C@H]1N. The second kappa shape index (κ2) is 18.9. The molecule has 0 bridgehead atoms. The van der Waals surface area contributed by atoms with Crippen molar-refractivity contribution in [2.24, 2.45) is 5.73 Å². The van der Waals surface area contributed by atoms with Gasteiger partial charge in [-0.3, -0.25) is 4.90 Å². The van der Waals surface area contributed by atoms with Crippen molar-refractivity contribution in [2.75, 3.05) is 13.1 Å². The van der Waals surface area contributed by atoms with Gasteiger partial charge in [-0.2, -0.15) is 0 Å². The molecular formula is C26H54N2. The van der Waals surface area contributed by atoms with E-state index in [1.54, 1.807) is 0 Å². The predicted molar refractivity (Wildman–Crippen MR) is 127 cm³/mol. The van der Waals surface area contributed by atoms with Crippen LogP contribution in [0.2, 0.25) is 0 Å². The van der Waals surface area contributed by atoms with Crippen molar-refractivity contribution in [3.8, 4) is 0 Å². The van der Waals surface area contributed by atoms with Gasteiger partial charge in [0.1, 0.15) is 0 Å². The number of nitrogens with zero attached hydrogens (tertiary/aromatic N) is 1. The summed E-state index contributed by atoms with van der Waals surface area (Å²) in [6.07, 6.45) is 28.0. The molecule has 1 fully saturated rings. The first-order valence-corrected chi connectivity index (χ1v) is 13.3. The van der Waals surface area contributed by atoms with E-state index in [9.17, 15) is 0 Å². The van der Waals surface area contributed by atoms with Crippen molar-refractivity contribution < 1.29 is 0 Å². The normalized spacial score (nSPS) is 20.1. The van der Waals surface area contributed by atoms with Crippen molar-refractivity contribution >= 4 is 0 Å². The first-order valence-electron chi connectivity index (χ1n) is 13.3. The number of hydrogen-bond acceptors (Lipinski definition) is 2. The third-order valence-corrected chi connectivity index (χ3v) is 6.85. The maximum Gasteiger partial charge on any atom is 0.0247 e. The van der Waals surface area contributed by atoms with E-state index in [1.165, 1.54) is 142 Å². The Labute approximate surface area is 178 Å². The summed E-state index contributed by atoms with van der Waals surface area (Å²) in [4.78, 5) is 2.80. The smallest absolute Gasteiger partial charge is 0.0247 e. The van der Waals surface area contributed by atoms with Crippen LogP contribution in [0.1, 0.15) is 142 Å². The first-order chi connectivity index (χ1) is 13.8. The van der Waals surface area contributed by atoms with Crippen molar-refractivity contribution in [3.05, 3.63) is 0 Å². The van der Waals surface area contributed by atoms with Gasteiger partial charge >= 0.3 is 0 Å². The molecule has 0 spiro atoms. The lowest BCUT2D eigenvalue weighted by Gasteiger charge is -2.38. The van der Waals surface area contributed by atoms with Gasteiger partial charge < -0.3 is 5.73 Å². The maximum absolute atomic E-state index is 6.54. The summed E-state index contributed by atoms with van der Waals surface area (Å²) in [6.45, 7) is 7.20. The van der Waals surface area contributed by atoms with Crippen LogP contribution in [-0.2, 0) is 0 Å². The van der Waals surface area contributed by atoms with Crippen molar-refractivity contribution in [1.82, 2.24) is 4.90 Å². The quantitative estimate of drug-likeness (QED) is 0.226. The fraction of sp³-hybridized carbons (Fsp3) is 1.00. The number of rotatable bonds is 19. The molecule has 0 radical (unpaired) electrons. The molecule has 1 aliphatic carbocycles. The highest BCUT2D eigenvalue weighted by molar-refractivity contribution is 4.86. The molecule has 0 aliphatic heterocycles. The van der Waals surface area contributed by atoms with E-state index in [4.69, 9.17) is 5.73 Å². The zero-order valence-electron chi connectivity index (χ0n) is 19.7. The van der Waals surface area contributed by atoms with E-state index < -0.39 is 0 Å². The van der Waals surface area contributed by atoms with Gasteiger partial charge in [-0.15, -0.1) is 0 Å². The van der Waals surface area contributed by atoms with Crippen molar-refractivity contribution in [1.29, 1.82) is 0 Å². The molecule has 0 aromatic carbocycles. The van der Waals surface area contributed by atoms with Gasteiger partial charge in [-0.1, -0.05) is 117 Å². The largest absolute Gasteiger partial charge is 0.326 e. The minimum absolute atomic E-state index is 0.428. The Hall–Kier alpha value is -0.0800. The summed E-state index contributed by atoms with van der Waals surface area (Å²) in [5, 5.41) is 0. The minimum Gasteiger partial charge on any atom is -0.326 e. The fourth-order valence-electron chi connectivity index (χ4n) is 4.93. The van der Waals surface area contributed by atoms with Gasteiger partial charge in [-0.05, 0) is 38.8 Å². The third-order valence-electron chi connectivity index (χ3n) is 6.85. The molecule has 1 saturated carbocycles. The Balaban J connectivity index is 2.19. The second-order valence-corrected chi connectivity index (χ2v) is 9.50. The molecule has 1 aliphatic rings. The molecule has 0 heterocycles. The maximum atomic E-state index is 6.54. The third kappa shape index (κ3) is 13.2. The average Bonchev–Trinajstić information content (AvgIpc) is 2.71. The lowest BCUT2D eigenvalue weighted by molar-refractivity contribution is 0.132. The molecule has 2 heteroatoms. The second-order valence-electron chi connectivity index (χ2n) is 9.50. The number of nitrogens with two attached hydrogens (primary N) is 1. The molecule has 28 heavy (non-hydrogen) atoms. The standard InChI is InChI=1S/C26H54N2/c1-3-5-7-9-11-13-15-19-23-28(26-22-18-17-21-25(26)27)24-20-16-14-12-10-8-6-4-2/h25-26H,3-24,27H2,1-2H3/t25-,26-/m1/s1. The van der Waals surface area contributed by atoms with E-state index in [-0.39, 0.29) is 0 Å². The Morgan fingerprint density at radius 2 is 0.964 bits per heavy atom. The summed E-state index contributed by atoms with van der Waals surface area (Å²) in [5.41, 5.74) is 6.54. The van der Waals surface area contributed by atoms with Gasteiger partial charge in [0.05, 0.1) is 0 Å². The summed E-state index contributed by atoms with van der Waals surface area (Å²) >= 11 is 0. The molecule has 1 rings (SSSR count). The topological polar surface area (TPSA) is 29.3 Å². The van der Waals surface area contributed by atoms with Crippen LogP contribution >= 0.6 is 0 Å². The molecule has 2 nitrogen and oxygen atoms in total. The van der Waals surface area contributed by atoms with Gasteiger partial charge in [0.15, 0.2) is 0 Å². The van der Waals surface area contributed by atoms with Crippen LogP contribution in [-0.4, -0.2) is 30.1 Å². The predicted octanol–water partition coefficient (Wildman–Crippen LogP) is 7.84. The monoisotopic (exact) mass is 394 g/mol. The summed E-state index contributed by atoms with van der Waals surface area (Å²) < 4.78 is 0. The van der Waals surface area contributed by atoms with Crippen LogP contribution < -0.4 is 5.73 Å². The minimum atomic E-state index is 0.428. The van der Waals surface area contributed by atoms with E-state index in [1.807, 2.05) is 0 Å². The summed E-state index contributed by atoms with van der Waals surface area (Å²) in [7, 11) is 0. The van der Waals surface area contributed by atoms with Gasteiger partial charge in [0.2, 0.25) is 0 Å². The lowest BCUT2D eigenvalue weighted by atomic mass is 9.89. The van der Waals surface area contributed by atoms with Crippen molar-refractivity contribution in [3.63, 3.8) is 0 Å². The van der Waals surface area contributed by atoms with Crippen LogP contribution in [0.5, 0.6) is 0 Å². The molecule has 0 unspecified atom stereocenters. The average molecular weight is 395 g/mol. The molecule has 2 N–H and O–H groups in total. The summed E-state index contributed by atoms with van der Waals surface area (Å²) in [6, 6.07) is 1.10. The highest BCUT2D eigenvalue weighted by Crippen LogP contribution is 2.23. The van der Waals surface area contributed by atoms with Gasteiger partial charge in [0, 0.05) is 12.1 Å².